The van der Waals surface area contributed by atoms with Gasteiger partial charge < -0.3 is 9.84 Å². The minimum atomic E-state index is -3.27. The maximum atomic E-state index is 11.7. The molecule has 0 spiro atoms. The van der Waals surface area contributed by atoms with E-state index in [1.165, 1.54) is 6.26 Å². The van der Waals surface area contributed by atoms with Gasteiger partial charge in [-0.2, -0.15) is 0 Å². The molecule has 29 heavy (non-hydrogen) atoms. The van der Waals surface area contributed by atoms with Gasteiger partial charge in [0.05, 0.1) is 16.5 Å². The van der Waals surface area contributed by atoms with Gasteiger partial charge in [-0.25, -0.2) is 8.42 Å². The van der Waals surface area contributed by atoms with Crippen LogP contribution < -0.4 is 4.74 Å². The fraction of sp³-hybridized carbons (Fsp3) is 0.429. The lowest BCUT2D eigenvalue weighted by Gasteiger charge is -2.31. The number of rotatable bonds is 4. The predicted molar refractivity (Wildman–Crippen MR) is 114 cm³/mol. The summed E-state index contributed by atoms with van der Waals surface area (Å²) in [5.74, 6) is 0.572. The second-order valence-corrected chi connectivity index (χ2v) is 11.1. The molecule has 0 saturated carbocycles. The monoisotopic (exact) mass is 455 g/mol. The third-order valence-corrected chi connectivity index (χ3v) is 7.41. The third kappa shape index (κ3) is 4.28. The molecular weight excluding hydrogens is 433 g/mol. The van der Waals surface area contributed by atoms with E-state index in [0.717, 1.165) is 17.7 Å². The van der Waals surface area contributed by atoms with Gasteiger partial charge in [0, 0.05) is 35.0 Å². The Morgan fingerprint density at radius 1 is 1.21 bits per heavy atom. The maximum Gasteiger partial charge on any atom is 0.175 e. The predicted octanol–water partition coefficient (Wildman–Crippen LogP) is 3.90. The Labute approximate surface area is 181 Å². The quantitative estimate of drug-likeness (QED) is 0.756. The van der Waals surface area contributed by atoms with Crippen LogP contribution in [-0.4, -0.2) is 49.4 Å². The van der Waals surface area contributed by atoms with Crippen molar-refractivity contribution >= 4 is 33.0 Å². The van der Waals surface area contributed by atoms with Crippen molar-refractivity contribution in [1.29, 1.82) is 0 Å². The Bertz CT molecular complexity index is 1040. The van der Waals surface area contributed by atoms with Gasteiger partial charge in [-0.3, -0.25) is 4.90 Å². The van der Waals surface area contributed by atoms with Gasteiger partial charge in [0.2, 0.25) is 0 Å². The zero-order valence-electron chi connectivity index (χ0n) is 16.2. The summed E-state index contributed by atoms with van der Waals surface area (Å²) in [4.78, 5) is 2.48. The Hall–Kier alpha value is -1.31. The van der Waals surface area contributed by atoms with E-state index in [2.05, 4.69) is 4.90 Å². The molecule has 4 rings (SSSR count). The van der Waals surface area contributed by atoms with Crippen LogP contribution in [0.5, 0.6) is 5.75 Å². The lowest BCUT2D eigenvalue weighted by atomic mass is 10.1. The first-order valence-corrected chi connectivity index (χ1v) is 12.1. The molecule has 0 amide bonds. The van der Waals surface area contributed by atoms with Crippen LogP contribution in [0.15, 0.2) is 41.3 Å². The molecule has 156 valence electrons. The third-order valence-electron chi connectivity index (χ3n) is 5.73. The van der Waals surface area contributed by atoms with Crippen molar-refractivity contribution < 1.29 is 18.3 Å². The Balaban J connectivity index is 1.67. The van der Waals surface area contributed by atoms with Gasteiger partial charge in [-0.1, -0.05) is 23.2 Å². The Morgan fingerprint density at radius 2 is 1.90 bits per heavy atom. The molecule has 8 heteroatoms. The molecule has 0 unspecified atom stereocenters. The van der Waals surface area contributed by atoms with Crippen LogP contribution in [0.3, 0.4) is 0 Å². The van der Waals surface area contributed by atoms with Gasteiger partial charge in [0.25, 0.3) is 0 Å². The number of hydrogen-bond acceptors (Lipinski definition) is 5. The molecule has 1 saturated heterocycles. The zero-order chi connectivity index (χ0) is 21.0. The average Bonchev–Trinajstić information content (AvgIpc) is 3.15. The van der Waals surface area contributed by atoms with Crippen molar-refractivity contribution in [2.75, 3.05) is 19.3 Å². The lowest BCUT2D eigenvalue weighted by molar-refractivity contribution is 0.0429. The molecule has 2 aromatic rings. The number of ether oxygens (including phenoxy) is 1. The number of hydrogen-bond donors (Lipinski definition) is 1. The van der Waals surface area contributed by atoms with E-state index in [0.29, 0.717) is 35.2 Å². The number of nitrogens with zero attached hydrogens (tertiary/aromatic N) is 1. The molecular formula is C21H23Cl2NO4S. The van der Waals surface area contributed by atoms with E-state index in [9.17, 15) is 13.5 Å². The molecule has 1 heterocycles. The maximum absolute atomic E-state index is 11.7. The lowest BCUT2D eigenvalue weighted by Crippen LogP contribution is -2.40. The SMILES string of the molecule is C[C@]1(O)CCN([C@H]2Cc3c(Cl)cc(Cl)cc3[C@@H]2Oc2ccc(S(C)(=O)=O)cc2)C1. The smallest absolute Gasteiger partial charge is 0.175 e. The van der Waals surface area contributed by atoms with E-state index >= 15 is 0 Å². The highest BCUT2D eigenvalue weighted by molar-refractivity contribution is 7.90. The van der Waals surface area contributed by atoms with Crippen LogP contribution in [0.2, 0.25) is 10.0 Å². The van der Waals surface area contributed by atoms with Crippen molar-refractivity contribution in [3.05, 3.63) is 57.6 Å². The van der Waals surface area contributed by atoms with E-state index in [1.807, 2.05) is 13.0 Å². The number of fused-ring (bicyclic) bond motifs is 1. The van der Waals surface area contributed by atoms with Gasteiger partial charge in [-0.05, 0) is 61.7 Å². The van der Waals surface area contributed by atoms with Crippen LogP contribution in [-0.2, 0) is 16.3 Å². The molecule has 3 atom stereocenters. The molecule has 1 aliphatic heterocycles. The molecule has 0 aromatic heterocycles. The minimum Gasteiger partial charge on any atom is -0.484 e. The molecule has 1 aliphatic carbocycles. The largest absolute Gasteiger partial charge is 0.484 e. The first-order chi connectivity index (χ1) is 13.5. The van der Waals surface area contributed by atoms with Crippen molar-refractivity contribution in [1.82, 2.24) is 4.90 Å². The topological polar surface area (TPSA) is 66.8 Å². The first-order valence-electron chi connectivity index (χ1n) is 9.44. The fourth-order valence-electron chi connectivity index (χ4n) is 4.25. The summed E-state index contributed by atoms with van der Waals surface area (Å²) in [6.07, 6.45) is 2.26. The molecule has 5 nitrogen and oxygen atoms in total. The number of likely N-dealkylation sites (tertiary alicyclic amines) is 1. The highest BCUT2D eigenvalue weighted by atomic mass is 35.5. The van der Waals surface area contributed by atoms with Crippen molar-refractivity contribution in [2.45, 2.75) is 42.4 Å². The van der Waals surface area contributed by atoms with Gasteiger partial charge in [0.15, 0.2) is 9.84 Å². The minimum absolute atomic E-state index is 0.00419. The molecule has 0 bridgehead atoms. The van der Waals surface area contributed by atoms with Crippen LogP contribution in [0.25, 0.3) is 0 Å². The van der Waals surface area contributed by atoms with Crippen LogP contribution in [0.4, 0.5) is 0 Å². The van der Waals surface area contributed by atoms with E-state index in [4.69, 9.17) is 27.9 Å². The van der Waals surface area contributed by atoms with Gasteiger partial charge in [0.1, 0.15) is 11.9 Å². The summed E-state index contributed by atoms with van der Waals surface area (Å²) in [5, 5.41) is 11.6. The van der Waals surface area contributed by atoms with E-state index < -0.39 is 15.4 Å². The summed E-state index contributed by atoms with van der Waals surface area (Å²) in [5.41, 5.74) is 1.22. The number of sulfone groups is 1. The van der Waals surface area contributed by atoms with Gasteiger partial charge >= 0.3 is 0 Å². The van der Waals surface area contributed by atoms with Crippen LogP contribution in [0, 0.1) is 0 Å². The Morgan fingerprint density at radius 3 is 2.48 bits per heavy atom. The normalized spacial score (nSPS) is 27.2. The first kappa shape index (κ1) is 20.9. The van der Waals surface area contributed by atoms with Crippen LogP contribution in [0.1, 0.15) is 30.6 Å². The van der Waals surface area contributed by atoms with Crippen molar-refractivity contribution in [3.63, 3.8) is 0 Å². The fourth-order valence-corrected chi connectivity index (χ4v) is 5.47. The molecule has 2 aliphatic rings. The summed E-state index contributed by atoms with van der Waals surface area (Å²) in [7, 11) is -3.27. The second kappa shape index (κ2) is 7.43. The summed E-state index contributed by atoms with van der Waals surface area (Å²) in [6.45, 7) is 3.17. The second-order valence-electron chi connectivity index (χ2n) is 8.23. The number of aliphatic hydroxyl groups is 1. The zero-order valence-corrected chi connectivity index (χ0v) is 18.6. The Kier molecular flexibility index (Phi) is 5.37. The standard InChI is InChI=1S/C21H23Cl2NO4S/c1-21(25)7-8-24(12-21)19-11-16-17(9-13(22)10-18(16)23)20(19)28-14-3-5-15(6-4-14)29(2,26)27/h3-6,9-10,19-20,25H,7-8,11-12H2,1-2H3/t19-,20-,21-/m0/s1. The summed E-state index contributed by atoms with van der Waals surface area (Å²) >= 11 is 12.7. The number of halogens is 2. The number of benzene rings is 2. The summed E-state index contributed by atoms with van der Waals surface area (Å²) in [6, 6.07) is 10.0. The number of β-amino-alcohol motifs (C(OH)–C–C–N with tert-alkyl or cyclic N) is 1. The molecule has 1 fully saturated rings. The summed E-state index contributed by atoms with van der Waals surface area (Å²) < 4.78 is 29.8. The molecule has 1 N–H and O–H groups in total. The highest BCUT2D eigenvalue weighted by Crippen LogP contribution is 2.44. The average molecular weight is 456 g/mol. The molecule has 0 radical (unpaired) electrons. The van der Waals surface area contributed by atoms with Crippen molar-refractivity contribution in [2.24, 2.45) is 0 Å². The molecule has 2 aromatic carbocycles. The van der Waals surface area contributed by atoms with Crippen molar-refractivity contribution in [3.8, 4) is 5.75 Å². The van der Waals surface area contributed by atoms with Crippen LogP contribution >= 0.6 is 23.2 Å². The highest BCUT2D eigenvalue weighted by Gasteiger charge is 2.44. The van der Waals surface area contributed by atoms with E-state index in [-0.39, 0.29) is 17.0 Å². The van der Waals surface area contributed by atoms with E-state index in [1.54, 1.807) is 30.3 Å². The van der Waals surface area contributed by atoms with Gasteiger partial charge in [-0.15, -0.1) is 0 Å².